The van der Waals surface area contributed by atoms with E-state index < -0.39 is 0 Å². The van der Waals surface area contributed by atoms with Crippen LogP contribution in [-0.4, -0.2) is 11.1 Å². The normalized spacial score (nSPS) is 12.3. The Morgan fingerprint density at radius 2 is 1.50 bits per heavy atom. The summed E-state index contributed by atoms with van der Waals surface area (Å²) in [6.45, 7) is 2.12. The van der Waals surface area contributed by atoms with Crippen molar-refractivity contribution in [1.29, 1.82) is 0 Å². The number of aromatic hydroxyl groups is 1. The van der Waals surface area contributed by atoms with Gasteiger partial charge in [-0.05, 0) is 127 Å². The van der Waals surface area contributed by atoms with Gasteiger partial charge in [-0.2, -0.15) is 0 Å². The maximum absolute atomic E-state index is 9.85. The minimum Gasteiger partial charge on any atom is -0.506 e. The molecule has 0 aliphatic heterocycles. The molecule has 1 atom stereocenters. The first kappa shape index (κ1) is 19.2. The average Bonchev–Trinajstić information content (AvgIpc) is 2.39. The Bertz CT molecular complexity index is 658. The fraction of sp³-hybridized carbons (Fsp3) is 0.200. The van der Waals surface area contributed by atoms with E-state index in [0.29, 0.717) is 11.8 Å². The first-order chi connectivity index (χ1) is 10.3. The summed E-state index contributed by atoms with van der Waals surface area (Å²) in [4.78, 5) is 0. The highest BCUT2D eigenvalue weighted by Crippen LogP contribution is 2.36. The second kappa shape index (κ2) is 8.34. The third-order valence-corrected chi connectivity index (χ3v) is 6.10. The molecule has 0 aromatic heterocycles. The summed E-state index contributed by atoms with van der Waals surface area (Å²) in [5.74, 6) is 1.90. The second-order valence-electron chi connectivity index (χ2n) is 5.04. The maximum atomic E-state index is 9.85. The van der Waals surface area contributed by atoms with Crippen LogP contribution in [0.4, 0.5) is 0 Å². The van der Waals surface area contributed by atoms with Crippen molar-refractivity contribution in [2.75, 3.05) is 0 Å². The van der Waals surface area contributed by atoms with Crippen LogP contribution in [0.5, 0.6) is 17.2 Å². The molecule has 0 saturated carbocycles. The van der Waals surface area contributed by atoms with Gasteiger partial charge in [-0.25, -0.2) is 0 Å². The molecule has 118 valence electrons. The van der Waals surface area contributed by atoms with Gasteiger partial charge in [-0.3, -0.25) is 0 Å². The molecule has 0 fully saturated rings. The summed E-state index contributed by atoms with van der Waals surface area (Å²) >= 11 is 8.83. The summed E-state index contributed by atoms with van der Waals surface area (Å²) in [6, 6.07) is 8.37. The first-order valence-electron chi connectivity index (χ1n) is 6.44. The standard InChI is InChI=1S/C15H13I4NO2/c1-7(20)2-8-3-12(18)15(13(19)4-8)22-9-5-10(16)14(21)11(17)6-9/h3-7,21H,2,20H2,1H3/p+1/t7-/m1/s1. The Balaban J connectivity index is 2.34. The second-order valence-corrected chi connectivity index (χ2v) is 9.68. The predicted molar refractivity (Wildman–Crippen MR) is 122 cm³/mol. The summed E-state index contributed by atoms with van der Waals surface area (Å²) in [6.07, 6.45) is 0.960. The number of hydrogen-bond donors (Lipinski definition) is 2. The molecule has 0 spiro atoms. The zero-order valence-corrected chi connectivity index (χ0v) is 20.3. The van der Waals surface area contributed by atoms with E-state index >= 15 is 0 Å². The Morgan fingerprint density at radius 3 is 1.95 bits per heavy atom. The molecule has 3 nitrogen and oxygen atoms in total. The molecule has 0 amide bonds. The Kier molecular flexibility index (Phi) is 7.29. The number of quaternary nitrogens is 1. The van der Waals surface area contributed by atoms with Crippen molar-refractivity contribution in [3.8, 4) is 17.2 Å². The van der Waals surface area contributed by atoms with Crippen molar-refractivity contribution in [2.45, 2.75) is 19.4 Å². The molecule has 0 radical (unpaired) electrons. The van der Waals surface area contributed by atoms with Crippen molar-refractivity contribution in [2.24, 2.45) is 0 Å². The molecule has 0 bridgehead atoms. The van der Waals surface area contributed by atoms with Crippen LogP contribution in [0.25, 0.3) is 0 Å². The largest absolute Gasteiger partial charge is 0.506 e. The van der Waals surface area contributed by atoms with Gasteiger partial charge in [-0.1, -0.05) is 0 Å². The molecule has 7 heteroatoms. The van der Waals surface area contributed by atoms with E-state index in [0.717, 1.165) is 32.2 Å². The zero-order valence-electron chi connectivity index (χ0n) is 11.7. The Hall–Kier alpha value is 0.920. The lowest BCUT2D eigenvalue weighted by Crippen LogP contribution is -2.60. The average molecular weight is 748 g/mol. The molecule has 2 aromatic carbocycles. The topological polar surface area (TPSA) is 57.1 Å². The van der Waals surface area contributed by atoms with Crippen LogP contribution in [-0.2, 0) is 6.42 Å². The molecular weight excluding hydrogens is 734 g/mol. The molecular formula is C15H14I4NO2+. The van der Waals surface area contributed by atoms with Crippen molar-refractivity contribution < 1.29 is 15.6 Å². The summed E-state index contributed by atoms with van der Waals surface area (Å²) in [7, 11) is 0. The van der Waals surface area contributed by atoms with Gasteiger partial charge in [0, 0.05) is 6.42 Å². The van der Waals surface area contributed by atoms with E-state index in [1.165, 1.54) is 5.56 Å². The van der Waals surface area contributed by atoms with E-state index in [4.69, 9.17) is 4.74 Å². The number of ether oxygens (including phenoxy) is 1. The molecule has 4 N–H and O–H groups in total. The number of phenolic OH excluding ortho intramolecular Hbond substituents is 1. The molecule has 0 unspecified atom stereocenters. The lowest BCUT2D eigenvalue weighted by atomic mass is 10.1. The van der Waals surface area contributed by atoms with E-state index in [1.54, 1.807) is 0 Å². The number of hydrogen-bond acceptors (Lipinski definition) is 2. The minimum atomic E-state index is 0.303. The third-order valence-electron chi connectivity index (χ3n) is 2.85. The van der Waals surface area contributed by atoms with Crippen molar-refractivity contribution in [3.05, 3.63) is 44.1 Å². The van der Waals surface area contributed by atoms with Crippen LogP contribution in [0, 0.1) is 14.3 Å². The summed E-state index contributed by atoms with van der Waals surface area (Å²) < 4.78 is 9.80. The highest BCUT2D eigenvalue weighted by atomic mass is 127. The van der Waals surface area contributed by atoms with E-state index in [2.05, 4.69) is 115 Å². The molecule has 0 saturated heterocycles. The summed E-state index contributed by atoms with van der Waals surface area (Å²) in [5.41, 5.74) is 5.33. The fourth-order valence-corrected chi connectivity index (χ4v) is 5.78. The van der Waals surface area contributed by atoms with Gasteiger partial charge in [0.1, 0.15) is 11.5 Å². The molecule has 2 aromatic rings. The van der Waals surface area contributed by atoms with Crippen LogP contribution < -0.4 is 10.5 Å². The van der Waals surface area contributed by atoms with Crippen LogP contribution >= 0.6 is 90.4 Å². The van der Waals surface area contributed by atoms with Gasteiger partial charge in [-0.15, -0.1) is 0 Å². The Morgan fingerprint density at radius 1 is 1.00 bits per heavy atom. The van der Waals surface area contributed by atoms with Crippen LogP contribution in [0.2, 0.25) is 0 Å². The molecule has 0 aliphatic carbocycles. The van der Waals surface area contributed by atoms with Crippen LogP contribution in [0.1, 0.15) is 12.5 Å². The molecule has 0 aliphatic rings. The highest BCUT2D eigenvalue weighted by Gasteiger charge is 2.13. The lowest BCUT2D eigenvalue weighted by Gasteiger charge is -2.13. The maximum Gasteiger partial charge on any atom is 0.154 e. The number of phenols is 1. The Labute approximate surface area is 184 Å². The van der Waals surface area contributed by atoms with Gasteiger partial charge < -0.3 is 15.6 Å². The van der Waals surface area contributed by atoms with Crippen LogP contribution in [0.15, 0.2) is 24.3 Å². The first-order valence-corrected chi connectivity index (χ1v) is 10.8. The van der Waals surface area contributed by atoms with Crippen molar-refractivity contribution in [3.63, 3.8) is 0 Å². The van der Waals surface area contributed by atoms with E-state index in [-0.39, 0.29) is 0 Å². The van der Waals surface area contributed by atoms with Gasteiger partial charge in [0.25, 0.3) is 0 Å². The highest BCUT2D eigenvalue weighted by molar-refractivity contribution is 14.1. The lowest BCUT2D eigenvalue weighted by molar-refractivity contribution is -0.413. The SMILES string of the molecule is C[C@@H]([NH3+])Cc1cc(I)c(Oc2cc(I)c(O)c(I)c2)c(I)c1. The van der Waals surface area contributed by atoms with Gasteiger partial charge in [0.2, 0.25) is 0 Å². The molecule has 22 heavy (non-hydrogen) atoms. The molecule has 0 heterocycles. The third kappa shape index (κ3) is 4.96. The number of benzene rings is 2. The number of rotatable bonds is 4. The predicted octanol–water partition coefficient (Wildman–Crippen LogP) is 4.78. The van der Waals surface area contributed by atoms with Crippen molar-refractivity contribution >= 4 is 90.4 Å². The van der Waals surface area contributed by atoms with E-state index in [1.807, 2.05) is 12.1 Å². The molecule has 2 rings (SSSR count). The smallest absolute Gasteiger partial charge is 0.154 e. The van der Waals surface area contributed by atoms with Crippen LogP contribution in [0.3, 0.4) is 0 Å². The fourth-order valence-electron chi connectivity index (χ4n) is 1.95. The van der Waals surface area contributed by atoms with Gasteiger partial charge in [0.05, 0.1) is 20.3 Å². The van der Waals surface area contributed by atoms with Gasteiger partial charge >= 0.3 is 0 Å². The quantitative estimate of drug-likeness (QED) is 0.443. The zero-order chi connectivity index (χ0) is 16.4. The minimum absolute atomic E-state index is 0.303. The number of halogens is 4. The van der Waals surface area contributed by atoms with Gasteiger partial charge in [0.15, 0.2) is 5.75 Å². The summed E-state index contributed by atoms with van der Waals surface area (Å²) in [5, 5.41) is 9.85. The van der Waals surface area contributed by atoms with E-state index in [9.17, 15) is 5.11 Å². The monoisotopic (exact) mass is 748 g/mol. The van der Waals surface area contributed by atoms with Crippen molar-refractivity contribution in [1.82, 2.24) is 0 Å².